The molecule has 7 heteroatoms. The predicted octanol–water partition coefficient (Wildman–Crippen LogP) is 2.20. The number of halogens is 3. The van der Waals surface area contributed by atoms with Crippen molar-refractivity contribution < 1.29 is 32.5 Å². The Balaban J connectivity index is 2.74. The number of hydrogen-bond donors (Lipinski definition) is 1. The van der Waals surface area contributed by atoms with Gasteiger partial charge in [-0.15, -0.1) is 0 Å². The zero-order chi connectivity index (χ0) is 14.4. The van der Waals surface area contributed by atoms with E-state index in [-0.39, 0.29) is 5.75 Å². The molecule has 1 N–H and O–H groups in total. The summed E-state index contributed by atoms with van der Waals surface area (Å²) in [6, 6.07) is 2.07. The molecule has 1 fully saturated rings. The smallest absolute Gasteiger partial charge is 0.320 e. The van der Waals surface area contributed by atoms with E-state index in [1.807, 2.05) is 0 Å². The van der Waals surface area contributed by atoms with Gasteiger partial charge in [0.1, 0.15) is 5.75 Å². The first-order chi connectivity index (χ1) is 8.81. The zero-order valence-electron chi connectivity index (χ0n) is 10.2. The van der Waals surface area contributed by atoms with Crippen LogP contribution in [0.5, 0.6) is 11.5 Å². The number of methoxy groups -OCH3 is 2. The van der Waals surface area contributed by atoms with Gasteiger partial charge in [-0.3, -0.25) is 4.79 Å². The number of rotatable bonds is 4. The molecule has 0 amide bonds. The van der Waals surface area contributed by atoms with E-state index >= 15 is 0 Å². The van der Waals surface area contributed by atoms with E-state index in [9.17, 15) is 18.0 Å². The summed E-state index contributed by atoms with van der Waals surface area (Å²) in [5, 5.41) is 9.11. The Kier molecular flexibility index (Phi) is 2.87. The number of carboxylic acids is 1. The molecule has 0 heterocycles. The fourth-order valence-corrected chi connectivity index (χ4v) is 2.21. The molecule has 1 unspecified atom stereocenters. The van der Waals surface area contributed by atoms with Gasteiger partial charge in [0.2, 0.25) is 0 Å². The first-order valence-corrected chi connectivity index (χ1v) is 5.34. The summed E-state index contributed by atoms with van der Waals surface area (Å²) in [6.07, 6.45) is -0.911. The summed E-state index contributed by atoms with van der Waals surface area (Å²) in [6.45, 7) is 0. The maximum Gasteiger partial charge on any atom is 0.320 e. The highest BCUT2D eigenvalue weighted by molar-refractivity contribution is 5.90. The van der Waals surface area contributed by atoms with Crippen LogP contribution in [0, 0.1) is 5.82 Å². The molecule has 0 spiro atoms. The van der Waals surface area contributed by atoms with Crippen molar-refractivity contribution in [1.82, 2.24) is 0 Å². The van der Waals surface area contributed by atoms with E-state index in [2.05, 4.69) is 0 Å². The molecule has 1 aliphatic rings. The third kappa shape index (κ3) is 1.64. The second kappa shape index (κ2) is 4.04. The normalized spacial score (nSPS) is 23.8. The van der Waals surface area contributed by atoms with Crippen molar-refractivity contribution in [3.8, 4) is 11.5 Å². The van der Waals surface area contributed by atoms with E-state index in [0.29, 0.717) is 0 Å². The molecular formula is C12H11F3O4. The van der Waals surface area contributed by atoms with E-state index in [1.165, 1.54) is 7.11 Å². The molecule has 104 valence electrons. The molecule has 0 aliphatic heterocycles. The van der Waals surface area contributed by atoms with Crippen molar-refractivity contribution in [3.63, 3.8) is 0 Å². The lowest BCUT2D eigenvalue weighted by Crippen LogP contribution is -2.28. The molecule has 0 radical (unpaired) electrons. The van der Waals surface area contributed by atoms with Gasteiger partial charge in [-0.05, 0) is 12.1 Å². The fraction of sp³-hybridized carbons (Fsp3) is 0.417. The lowest BCUT2D eigenvalue weighted by atomic mass is 9.93. The van der Waals surface area contributed by atoms with Crippen LogP contribution >= 0.6 is 0 Å². The minimum Gasteiger partial charge on any atom is -0.496 e. The highest BCUT2D eigenvalue weighted by Crippen LogP contribution is 2.65. The van der Waals surface area contributed by atoms with Crippen molar-refractivity contribution in [2.75, 3.05) is 14.2 Å². The van der Waals surface area contributed by atoms with Gasteiger partial charge in [-0.25, -0.2) is 13.2 Å². The minimum atomic E-state index is -3.47. The third-order valence-corrected chi connectivity index (χ3v) is 3.27. The van der Waals surface area contributed by atoms with Crippen molar-refractivity contribution in [1.29, 1.82) is 0 Å². The molecule has 1 aliphatic carbocycles. The molecule has 2 rings (SSSR count). The standard InChI is InChI=1S/C12H11F3O4/c1-18-7-4-3-6(13)9(19-2)8(7)11(10(16)17)5-12(11,14)15/h3-4H,5H2,1-2H3,(H,16,17). The topological polar surface area (TPSA) is 55.8 Å². The number of alkyl halides is 2. The zero-order valence-corrected chi connectivity index (χ0v) is 10.2. The number of aliphatic carboxylic acids is 1. The van der Waals surface area contributed by atoms with E-state index in [4.69, 9.17) is 14.6 Å². The van der Waals surface area contributed by atoms with Crippen LogP contribution in [-0.2, 0) is 10.2 Å². The molecule has 1 aromatic carbocycles. The van der Waals surface area contributed by atoms with Crippen LogP contribution in [-0.4, -0.2) is 31.2 Å². The Labute approximate surface area is 106 Å². The Hall–Kier alpha value is -1.92. The average molecular weight is 276 g/mol. The van der Waals surface area contributed by atoms with Gasteiger partial charge in [-0.2, -0.15) is 0 Å². The number of carbonyl (C=O) groups is 1. The van der Waals surface area contributed by atoms with Gasteiger partial charge >= 0.3 is 5.97 Å². The lowest BCUT2D eigenvalue weighted by Gasteiger charge is -2.19. The van der Waals surface area contributed by atoms with Crippen LogP contribution in [0.4, 0.5) is 13.2 Å². The summed E-state index contributed by atoms with van der Waals surface area (Å²) >= 11 is 0. The van der Waals surface area contributed by atoms with E-state index < -0.39 is 40.9 Å². The molecule has 19 heavy (non-hydrogen) atoms. The summed E-state index contributed by atoms with van der Waals surface area (Å²) in [4.78, 5) is 11.2. The highest BCUT2D eigenvalue weighted by atomic mass is 19.3. The van der Waals surface area contributed by atoms with Gasteiger partial charge < -0.3 is 14.6 Å². The predicted molar refractivity (Wildman–Crippen MR) is 58.4 cm³/mol. The summed E-state index contributed by atoms with van der Waals surface area (Å²) in [5.41, 5.74) is -2.96. The maximum absolute atomic E-state index is 13.6. The van der Waals surface area contributed by atoms with Crippen LogP contribution in [0.2, 0.25) is 0 Å². The molecule has 1 aromatic rings. The quantitative estimate of drug-likeness (QED) is 0.916. The van der Waals surface area contributed by atoms with Crippen LogP contribution in [0.15, 0.2) is 12.1 Å². The Morgan fingerprint density at radius 3 is 2.26 bits per heavy atom. The number of carboxylic acid groups (broad SMARTS) is 1. The largest absolute Gasteiger partial charge is 0.496 e. The van der Waals surface area contributed by atoms with Crippen LogP contribution in [0.25, 0.3) is 0 Å². The Morgan fingerprint density at radius 1 is 1.32 bits per heavy atom. The second-order valence-corrected chi connectivity index (χ2v) is 4.25. The van der Waals surface area contributed by atoms with Crippen molar-refractivity contribution in [2.45, 2.75) is 17.8 Å². The number of ether oxygens (including phenoxy) is 2. The average Bonchev–Trinajstić information content (AvgIpc) is 2.93. The second-order valence-electron chi connectivity index (χ2n) is 4.25. The summed E-state index contributed by atoms with van der Waals surface area (Å²) in [7, 11) is 2.27. The third-order valence-electron chi connectivity index (χ3n) is 3.27. The van der Waals surface area contributed by atoms with Crippen molar-refractivity contribution in [2.24, 2.45) is 0 Å². The monoisotopic (exact) mass is 276 g/mol. The molecule has 0 saturated heterocycles. The van der Waals surface area contributed by atoms with E-state index in [1.54, 1.807) is 0 Å². The van der Waals surface area contributed by atoms with Crippen LogP contribution in [0.3, 0.4) is 0 Å². The van der Waals surface area contributed by atoms with Gasteiger partial charge in [0.25, 0.3) is 5.92 Å². The van der Waals surface area contributed by atoms with Crippen LogP contribution in [0.1, 0.15) is 12.0 Å². The van der Waals surface area contributed by atoms with Crippen molar-refractivity contribution >= 4 is 5.97 Å². The highest BCUT2D eigenvalue weighted by Gasteiger charge is 2.79. The summed E-state index contributed by atoms with van der Waals surface area (Å²) < 4.78 is 50.3. The van der Waals surface area contributed by atoms with Gasteiger partial charge in [0, 0.05) is 6.42 Å². The Morgan fingerprint density at radius 2 is 1.89 bits per heavy atom. The molecule has 1 atom stereocenters. The SMILES string of the molecule is COc1ccc(F)c(OC)c1C1(C(=O)O)CC1(F)F. The lowest BCUT2D eigenvalue weighted by molar-refractivity contribution is -0.143. The number of hydrogen-bond acceptors (Lipinski definition) is 3. The summed E-state index contributed by atoms with van der Waals surface area (Å²) in [5.74, 6) is -6.79. The minimum absolute atomic E-state index is 0.141. The first-order valence-electron chi connectivity index (χ1n) is 5.34. The molecule has 0 bridgehead atoms. The van der Waals surface area contributed by atoms with Crippen molar-refractivity contribution in [3.05, 3.63) is 23.5 Å². The van der Waals surface area contributed by atoms with Gasteiger partial charge in [0.15, 0.2) is 17.0 Å². The maximum atomic E-state index is 13.6. The molecule has 1 saturated carbocycles. The Bertz CT molecular complexity index is 544. The van der Waals surface area contributed by atoms with Crippen LogP contribution < -0.4 is 9.47 Å². The molecule has 4 nitrogen and oxygen atoms in total. The van der Waals surface area contributed by atoms with Gasteiger partial charge in [-0.1, -0.05) is 0 Å². The molecule has 0 aromatic heterocycles. The van der Waals surface area contributed by atoms with E-state index in [0.717, 1.165) is 19.2 Å². The number of benzene rings is 1. The first kappa shape index (κ1) is 13.5. The fourth-order valence-electron chi connectivity index (χ4n) is 2.21. The molecular weight excluding hydrogens is 265 g/mol. The van der Waals surface area contributed by atoms with Gasteiger partial charge in [0.05, 0.1) is 19.8 Å².